The Labute approximate surface area is 170 Å². The van der Waals surface area contributed by atoms with Crippen LogP contribution in [0.2, 0.25) is 0 Å². The monoisotopic (exact) mass is 382 g/mol. The van der Waals surface area contributed by atoms with Crippen molar-refractivity contribution in [2.45, 2.75) is 19.0 Å². The van der Waals surface area contributed by atoms with Gasteiger partial charge in [0, 0.05) is 29.8 Å². The predicted octanol–water partition coefficient (Wildman–Crippen LogP) is 3.74. The van der Waals surface area contributed by atoms with E-state index < -0.39 is 5.66 Å². The molecule has 5 rings (SSSR count). The van der Waals surface area contributed by atoms with Gasteiger partial charge >= 0.3 is 0 Å². The molecule has 1 atom stereocenters. The number of aryl methyl sites for hydroxylation is 1. The first kappa shape index (κ1) is 17.7. The first-order valence-electron chi connectivity index (χ1n) is 9.95. The molecule has 1 saturated heterocycles. The molecule has 0 radical (unpaired) electrons. The van der Waals surface area contributed by atoms with E-state index in [4.69, 9.17) is 0 Å². The lowest BCUT2D eigenvalue weighted by Gasteiger charge is -2.40. The van der Waals surface area contributed by atoms with Crippen molar-refractivity contribution in [1.82, 2.24) is 9.80 Å². The Morgan fingerprint density at radius 1 is 0.897 bits per heavy atom. The molecule has 0 saturated carbocycles. The van der Waals surface area contributed by atoms with Gasteiger partial charge < -0.3 is 9.80 Å². The summed E-state index contributed by atoms with van der Waals surface area (Å²) in [6, 6.07) is 25.7. The van der Waals surface area contributed by atoms with Gasteiger partial charge in [0.2, 0.25) is 5.91 Å². The maximum Gasteiger partial charge on any atom is 0.256 e. The fraction of sp³-hybridized carbons (Fsp3) is 0.200. The van der Waals surface area contributed by atoms with Gasteiger partial charge in [-0.25, -0.2) is 0 Å². The smallest absolute Gasteiger partial charge is 0.256 e. The lowest BCUT2D eigenvalue weighted by molar-refractivity contribution is -0.135. The van der Waals surface area contributed by atoms with E-state index >= 15 is 0 Å². The Morgan fingerprint density at radius 3 is 2.34 bits per heavy atom. The van der Waals surface area contributed by atoms with Crippen LogP contribution in [0.4, 0.5) is 0 Å². The van der Waals surface area contributed by atoms with Gasteiger partial charge in [-0.1, -0.05) is 78.4 Å². The van der Waals surface area contributed by atoms with Crippen molar-refractivity contribution in [3.8, 4) is 0 Å². The van der Waals surface area contributed by atoms with E-state index in [9.17, 15) is 9.59 Å². The van der Waals surface area contributed by atoms with E-state index in [1.54, 1.807) is 0 Å². The Kier molecular flexibility index (Phi) is 4.02. The highest BCUT2D eigenvalue weighted by atomic mass is 16.2. The molecule has 3 aromatic rings. The highest BCUT2D eigenvalue weighted by Gasteiger charge is 2.59. The Bertz CT molecular complexity index is 1090. The topological polar surface area (TPSA) is 40.6 Å². The van der Waals surface area contributed by atoms with Crippen LogP contribution < -0.4 is 0 Å². The summed E-state index contributed by atoms with van der Waals surface area (Å²) in [4.78, 5) is 30.5. The molecule has 144 valence electrons. The van der Waals surface area contributed by atoms with Crippen molar-refractivity contribution < 1.29 is 9.59 Å². The highest BCUT2D eigenvalue weighted by molar-refractivity contribution is 6.02. The van der Waals surface area contributed by atoms with Crippen LogP contribution in [0, 0.1) is 6.92 Å². The summed E-state index contributed by atoms with van der Waals surface area (Å²) < 4.78 is 0. The molecule has 0 bridgehead atoms. The largest absolute Gasteiger partial charge is 0.309 e. The molecule has 2 heterocycles. The minimum absolute atomic E-state index is 0.00353. The standard InChI is InChI=1S/C25H22N2O2/c1-18-11-13-20(14-12-18)25-22-10-6-5-9-21(22)24(29)27(25)16-15-26(25)23(28)17-19-7-3-2-4-8-19/h2-14H,15-17H2,1H3. The van der Waals surface area contributed by atoms with Gasteiger partial charge in [0.25, 0.3) is 5.91 Å². The zero-order chi connectivity index (χ0) is 20.0. The minimum Gasteiger partial charge on any atom is -0.309 e. The summed E-state index contributed by atoms with van der Waals surface area (Å²) >= 11 is 0. The molecule has 0 N–H and O–H groups in total. The van der Waals surface area contributed by atoms with Gasteiger partial charge in [-0.2, -0.15) is 0 Å². The van der Waals surface area contributed by atoms with Crippen LogP contribution in [0.5, 0.6) is 0 Å². The van der Waals surface area contributed by atoms with Crippen LogP contribution >= 0.6 is 0 Å². The number of hydrogen-bond acceptors (Lipinski definition) is 2. The normalized spacial score (nSPS) is 20.0. The van der Waals surface area contributed by atoms with Crippen molar-refractivity contribution in [3.63, 3.8) is 0 Å². The number of fused-ring (bicyclic) bond motifs is 3. The lowest BCUT2D eigenvalue weighted by atomic mass is 9.89. The summed E-state index contributed by atoms with van der Waals surface area (Å²) in [5.41, 5.74) is 3.80. The molecule has 4 heteroatoms. The van der Waals surface area contributed by atoms with Gasteiger partial charge in [-0.3, -0.25) is 9.59 Å². The Hall–Kier alpha value is -3.40. The number of carbonyl (C=O) groups is 2. The molecule has 2 aliphatic rings. The quantitative estimate of drug-likeness (QED) is 0.692. The third kappa shape index (κ3) is 2.52. The van der Waals surface area contributed by atoms with Crippen molar-refractivity contribution in [1.29, 1.82) is 0 Å². The SMILES string of the molecule is Cc1ccc(C23c4ccccc4C(=O)N2CCN3C(=O)Cc2ccccc2)cc1. The summed E-state index contributed by atoms with van der Waals surface area (Å²) in [5, 5.41) is 0. The summed E-state index contributed by atoms with van der Waals surface area (Å²) in [7, 11) is 0. The number of benzene rings is 3. The maximum atomic E-state index is 13.5. The average molecular weight is 382 g/mol. The van der Waals surface area contributed by atoms with Gasteiger partial charge in [0.05, 0.1) is 6.42 Å². The van der Waals surface area contributed by atoms with E-state index in [0.717, 1.165) is 22.3 Å². The third-order valence-electron chi connectivity index (χ3n) is 6.06. The van der Waals surface area contributed by atoms with Crippen molar-refractivity contribution in [3.05, 3.63) is 107 Å². The first-order valence-corrected chi connectivity index (χ1v) is 9.95. The summed E-state index contributed by atoms with van der Waals surface area (Å²) in [6.07, 6.45) is 0.318. The molecule has 3 aromatic carbocycles. The summed E-state index contributed by atoms with van der Waals surface area (Å²) in [6.45, 7) is 3.10. The predicted molar refractivity (Wildman–Crippen MR) is 111 cm³/mol. The zero-order valence-electron chi connectivity index (χ0n) is 16.3. The third-order valence-corrected chi connectivity index (χ3v) is 6.06. The molecule has 4 nitrogen and oxygen atoms in total. The first-order chi connectivity index (χ1) is 14.1. The van der Waals surface area contributed by atoms with Crippen molar-refractivity contribution >= 4 is 11.8 Å². The number of hydrogen-bond donors (Lipinski definition) is 0. The van der Waals surface area contributed by atoms with Crippen molar-refractivity contribution in [2.75, 3.05) is 13.1 Å². The minimum atomic E-state index is -0.868. The molecule has 1 fully saturated rings. The van der Waals surface area contributed by atoms with Crippen LogP contribution in [0.25, 0.3) is 0 Å². The van der Waals surface area contributed by atoms with Gasteiger partial charge in [-0.05, 0) is 18.6 Å². The molecule has 2 aliphatic heterocycles. The van der Waals surface area contributed by atoms with Crippen LogP contribution in [0.15, 0.2) is 78.9 Å². The number of amides is 2. The molecule has 0 spiro atoms. The van der Waals surface area contributed by atoms with E-state index in [2.05, 4.69) is 0 Å². The number of rotatable bonds is 3. The second-order valence-corrected chi connectivity index (χ2v) is 7.75. The summed E-state index contributed by atoms with van der Waals surface area (Å²) in [5.74, 6) is 0.0277. The van der Waals surface area contributed by atoms with Gasteiger partial charge in [0.1, 0.15) is 0 Å². The lowest BCUT2D eigenvalue weighted by Crippen LogP contribution is -2.52. The van der Waals surface area contributed by atoms with Gasteiger partial charge in [-0.15, -0.1) is 0 Å². The van der Waals surface area contributed by atoms with Crippen LogP contribution in [0.1, 0.15) is 32.6 Å². The number of carbonyl (C=O) groups excluding carboxylic acids is 2. The van der Waals surface area contributed by atoms with E-state index in [-0.39, 0.29) is 11.8 Å². The van der Waals surface area contributed by atoms with Crippen molar-refractivity contribution in [2.24, 2.45) is 0 Å². The van der Waals surface area contributed by atoms with E-state index in [1.807, 2.05) is 95.6 Å². The average Bonchev–Trinajstić information content (AvgIpc) is 3.25. The van der Waals surface area contributed by atoms with E-state index in [0.29, 0.717) is 25.1 Å². The molecular formula is C25H22N2O2. The van der Waals surface area contributed by atoms with Gasteiger partial charge in [0.15, 0.2) is 5.66 Å². The van der Waals surface area contributed by atoms with Crippen LogP contribution in [-0.2, 0) is 16.9 Å². The molecule has 1 unspecified atom stereocenters. The van der Waals surface area contributed by atoms with E-state index in [1.165, 1.54) is 0 Å². The maximum absolute atomic E-state index is 13.5. The number of nitrogens with zero attached hydrogens (tertiary/aromatic N) is 2. The highest BCUT2D eigenvalue weighted by Crippen LogP contribution is 2.49. The Morgan fingerprint density at radius 2 is 1.59 bits per heavy atom. The molecule has 0 aliphatic carbocycles. The fourth-order valence-electron chi connectivity index (χ4n) is 4.75. The molecule has 2 amide bonds. The second-order valence-electron chi connectivity index (χ2n) is 7.75. The zero-order valence-corrected chi connectivity index (χ0v) is 16.3. The second kappa shape index (κ2) is 6.59. The van der Waals surface area contributed by atoms with Crippen LogP contribution in [0.3, 0.4) is 0 Å². The molecule has 29 heavy (non-hydrogen) atoms. The Balaban J connectivity index is 1.67. The molecular weight excluding hydrogens is 360 g/mol. The van der Waals surface area contributed by atoms with Crippen LogP contribution in [-0.4, -0.2) is 34.7 Å². The molecule has 0 aromatic heterocycles. The fourth-order valence-corrected chi connectivity index (χ4v) is 4.75.